The van der Waals surface area contributed by atoms with Gasteiger partial charge in [-0.15, -0.1) is 13.2 Å². The van der Waals surface area contributed by atoms with Crippen LogP contribution in [0.5, 0.6) is 5.75 Å². The molecule has 2 heterocycles. The first-order valence-corrected chi connectivity index (χ1v) is 6.92. The molecule has 3 rings (SSSR count). The molecule has 1 aliphatic heterocycles. The number of nitriles is 1. The largest absolute Gasteiger partial charge is 0.573 e. The third-order valence-corrected chi connectivity index (χ3v) is 3.72. The average molecular weight is 320 g/mol. The molecule has 118 valence electrons. The van der Waals surface area contributed by atoms with E-state index in [4.69, 9.17) is 0 Å². The maximum absolute atomic E-state index is 12.5. The molecule has 0 bridgehead atoms. The van der Waals surface area contributed by atoms with Crippen LogP contribution in [0.25, 0.3) is 11.1 Å². The molecule has 0 spiro atoms. The van der Waals surface area contributed by atoms with Crippen LogP contribution in [-0.2, 0) is 13.0 Å². The average Bonchev–Trinajstić information content (AvgIpc) is 2.97. The van der Waals surface area contributed by atoms with Crippen molar-refractivity contribution in [3.8, 4) is 22.9 Å². The second-order valence-electron chi connectivity index (χ2n) is 5.16. The quantitative estimate of drug-likeness (QED) is 0.853. The van der Waals surface area contributed by atoms with E-state index in [2.05, 4.69) is 10.8 Å². The molecule has 0 amide bonds. The van der Waals surface area contributed by atoms with Crippen molar-refractivity contribution in [3.05, 3.63) is 51.9 Å². The smallest absolute Gasteiger partial charge is 0.406 e. The topological polar surface area (TPSA) is 55.0 Å². The number of ether oxygens (including phenoxy) is 1. The third kappa shape index (κ3) is 2.93. The first-order chi connectivity index (χ1) is 10.9. The van der Waals surface area contributed by atoms with E-state index in [-0.39, 0.29) is 11.3 Å². The van der Waals surface area contributed by atoms with E-state index in [0.717, 1.165) is 24.2 Å². The van der Waals surface area contributed by atoms with Gasteiger partial charge in [0, 0.05) is 17.8 Å². The van der Waals surface area contributed by atoms with Crippen molar-refractivity contribution in [3.63, 3.8) is 0 Å². The summed E-state index contributed by atoms with van der Waals surface area (Å²) >= 11 is 0. The number of aromatic nitrogens is 1. The SMILES string of the molecule is N#Cc1cc(-c2ccc(OC(F)(F)F)cc2)c(=O)n2c1CCC2. The van der Waals surface area contributed by atoms with Crippen LogP contribution in [0.2, 0.25) is 0 Å². The van der Waals surface area contributed by atoms with Crippen LogP contribution in [0, 0.1) is 11.3 Å². The molecular weight excluding hydrogens is 309 g/mol. The van der Waals surface area contributed by atoms with Gasteiger partial charge in [0.05, 0.1) is 5.56 Å². The van der Waals surface area contributed by atoms with Gasteiger partial charge in [0.25, 0.3) is 5.56 Å². The highest BCUT2D eigenvalue weighted by Gasteiger charge is 2.31. The summed E-state index contributed by atoms with van der Waals surface area (Å²) < 4.78 is 41.9. The fourth-order valence-corrected chi connectivity index (χ4v) is 2.75. The van der Waals surface area contributed by atoms with Crippen molar-refractivity contribution in [1.82, 2.24) is 4.57 Å². The number of fused-ring (bicyclic) bond motifs is 1. The number of hydrogen-bond donors (Lipinski definition) is 0. The summed E-state index contributed by atoms with van der Waals surface area (Å²) in [6, 6.07) is 8.61. The Labute approximate surface area is 129 Å². The summed E-state index contributed by atoms with van der Waals surface area (Å²) in [4.78, 5) is 12.5. The Balaban J connectivity index is 2.03. The maximum Gasteiger partial charge on any atom is 0.573 e. The molecule has 1 aromatic heterocycles. The molecule has 0 N–H and O–H groups in total. The van der Waals surface area contributed by atoms with E-state index < -0.39 is 6.36 Å². The predicted octanol–water partition coefficient (Wildman–Crippen LogP) is 3.23. The molecule has 2 aromatic rings. The molecule has 23 heavy (non-hydrogen) atoms. The van der Waals surface area contributed by atoms with E-state index in [0.29, 0.717) is 29.7 Å². The van der Waals surface area contributed by atoms with Crippen LogP contribution in [-0.4, -0.2) is 10.9 Å². The predicted molar refractivity (Wildman–Crippen MR) is 75.9 cm³/mol. The Hall–Kier alpha value is -2.75. The van der Waals surface area contributed by atoms with Gasteiger partial charge in [0.2, 0.25) is 0 Å². The second kappa shape index (κ2) is 5.47. The molecule has 1 aromatic carbocycles. The van der Waals surface area contributed by atoms with Gasteiger partial charge in [-0.25, -0.2) is 0 Å². The maximum atomic E-state index is 12.5. The van der Waals surface area contributed by atoms with Gasteiger partial charge < -0.3 is 9.30 Å². The van der Waals surface area contributed by atoms with Crippen molar-refractivity contribution >= 4 is 0 Å². The zero-order valence-electron chi connectivity index (χ0n) is 11.9. The standard InChI is InChI=1S/C16H11F3N2O2/c17-16(18,19)23-12-5-3-10(4-6-12)13-8-11(9-20)14-2-1-7-21(14)15(13)22/h3-6,8H,1-2,7H2. The first-order valence-electron chi connectivity index (χ1n) is 6.92. The van der Waals surface area contributed by atoms with Gasteiger partial charge >= 0.3 is 6.36 Å². The highest BCUT2D eigenvalue weighted by molar-refractivity contribution is 5.65. The summed E-state index contributed by atoms with van der Waals surface area (Å²) in [7, 11) is 0. The zero-order chi connectivity index (χ0) is 16.6. The summed E-state index contributed by atoms with van der Waals surface area (Å²) in [6.45, 7) is 0.548. The van der Waals surface area contributed by atoms with Crippen LogP contribution < -0.4 is 10.3 Å². The number of benzene rings is 1. The number of nitrogens with zero attached hydrogens (tertiary/aromatic N) is 2. The number of hydrogen-bond acceptors (Lipinski definition) is 3. The highest BCUT2D eigenvalue weighted by atomic mass is 19.4. The highest BCUT2D eigenvalue weighted by Crippen LogP contribution is 2.27. The molecule has 7 heteroatoms. The Bertz CT molecular complexity index is 846. The van der Waals surface area contributed by atoms with Gasteiger partial charge in [-0.05, 0) is 36.6 Å². The summed E-state index contributed by atoms with van der Waals surface area (Å²) in [5.41, 5.74) is 1.65. The van der Waals surface area contributed by atoms with Gasteiger partial charge in [0.1, 0.15) is 11.8 Å². The number of pyridine rings is 1. The van der Waals surface area contributed by atoms with Gasteiger partial charge in [-0.2, -0.15) is 5.26 Å². The first kappa shape index (κ1) is 15.2. The number of alkyl halides is 3. The fraction of sp³-hybridized carbons (Fsp3) is 0.250. The summed E-state index contributed by atoms with van der Waals surface area (Å²) in [6.07, 6.45) is -3.29. The number of rotatable bonds is 2. The minimum atomic E-state index is -4.76. The van der Waals surface area contributed by atoms with Gasteiger partial charge in [-0.3, -0.25) is 4.79 Å². The molecular formula is C16H11F3N2O2. The minimum Gasteiger partial charge on any atom is -0.406 e. The summed E-state index contributed by atoms with van der Waals surface area (Å²) in [5, 5.41) is 9.23. The molecule has 0 atom stereocenters. The van der Waals surface area contributed by atoms with E-state index in [1.54, 1.807) is 4.57 Å². The molecule has 0 radical (unpaired) electrons. The molecule has 1 aliphatic rings. The van der Waals surface area contributed by atoms with Crippen LogP contribution in [0.1, 0.15) is 17.7 Å². The molecule has 0 fully saturated rings. The van der Waals surface area contributed by atoms with E-state index >= 15 is 0 Å². The zero-order valence-corrected chi connectivity index (χ0v) is 11.9. The normalized spacial score (nSPS) is 13.5. The summed E-state index contributed by atoms with van der Waals surface area (Å²) in [5.74, 6) is -0.358. The lowest BCUT2D eigenvalue weighted by molar-refractivity contribution is -0.274. The van der Waals surface area contributed by atoms with Gasteiger partial charge in [0.15, 0.2) is 0 Å². The van der Waals surface area contributed by atoms with E-state index in [1.807, 2.05) is 0 Å². The van der Waals surface area contributed by atoms with Crippen molar-refractivity contribution in [2.24, 2.45) is 0 Å². The van der Waals surface area contributed by atoms with Crippen molar-refractivity contribution < 1.29 is 17.9 Å². The lowest BCUT2D eigenvalue weighted by Gasteiger charge is -2.11. The lowest BCUT2D eigenvalue weighted by Crippen LogP contribution is -2.22. The third-order valence-electron chi connectivity index (χ3n) is 3.72. The minimum absolute atomic E-state index is 0.235. The molecule has 0 saturated heterocycles. The Kier molecular flexibility index (Phi) is 3.60. The van der Waals surface area contributed by atoms with Crippen LogP contribution in [0.3, 0.4) is 0 Å². The molecule has 4 nitrogen and oxygen atoms in total. The fourth-order valence-electron chi connectivity index (χ4n) is 2.75. The van der Waals surface area contributed by atoms with Crippen molar-refractivity contribution in [2.45, 2.75) is 25.7 Å². The molecule has 0 unspecified atom stereocenters. The van der Waals surface area contributed by atoms with Crippen LogP contribution >= 0.6 is 0 Å². The molecule has 0 saturated carbocycles. The number of halogens is 3. The van der Waals surface area contributed by atoms with E-state index in [9.17, 15) is 23.2 Å². The van der Waals surface area contributed by atoms with Gasteiger partial charge in [-0.1, -0.05) is 12.1 Å². The van der Waals surface area contributed by atoms with E-state index in [1.165, 1.54) is 18.2 Å². The monoisotopic (exact) mass is 320 g/mol. The Morgan fingerprint density at radius 1 is 1.22 bits per heavy atom. The lowest BCUT2D eigenvalue weighted by atomic mass is 10.0. The van der Waals surface area contributed by atoms with Crippen molar-refractivity contribution in [1.29, 1.82) is 5.26 Å². The van der Waals surface area contributed by atoms with Crippen LogP contribution in [0.15, 0.2) is 35.1 Å². The second-order valence-corrected chi connectivity index (χ2v) is 5.16. The Morgan fingerprint density at radius 2 is 1.91 bits per heavy atom. The van der Waals surface area contributed by atoms with Crippen molar-refractivity contribution in [2.75, 3.05) is 0 Å². The molecule has 0 aliphatic carbocycles. The Morgan fingerprint density at radius 3 is 2.52 bits per heavy atom. The van der Waals surface area contributed by atoms with Crippen LogP contribution in [0.4, 0.5) is 13.2 Å².